The van der Waals surface area contributed by atoms with E-state index in [1.807, 2.05) is 13.8 Å². The van der Waals surface area contributed by atoms with Crippen molar-refractivity contribution in [3.05, 3.63) is 40.2 Å². The molecule has 1 aromatic carbocycles. The number of amides is 1. The molecule has 1 amide bonds. The van der Waals surface area contributed by atoms with E-state index in [0.717, 1.165) is 0 Å². The average Bonchev–Trinajstić information content (AvgIpc) is 2.35. The van der Waals surface area contributed by atoms with E-state index in [-0.39, 0.29) is 12.0 Å². The minimum Gasteiger partial charge on any atom is -0.491 e. The largest absolute Gasteiger partial charge is 0.491 e. The van der Waals surface area contributed by atoms with Crippen LogP contribution in [0.1, 0.15) is 24.2 Å². The van der Waals surface area contributed by atoms with Gasteiger partial charge in [0.05, 0.1) is 11.7 Å². The lowest BCUT2D eigenvalue weighted by Crippen LogP contribution is -2.23. The Labute approximate surface area is 116 Å². The number of hydrogen-bond acceptors (Lipinski definition) is 4. The van der Waals surface area contributed by atoms with Crippen molar-refractivity contribution in [3.8, 4) is 5.75 Å². The summed E-state index contributed by atoms with van der Waals surface area (Å²) in [6, 6.07) is 6.33. The molecule has 1 aromatic heterocycles. The highest BCUT2D eigenvalue weighted by Crippen LogP contribution is 2.24. The molecule has 0 aliphatic rings. The third-order valence-electron chi connectivity index (χ3n) is 2.72. The van der Waals surface area contributed by atoms with E-state index in [2.05, 4.69) is 0 Å². The van der Waals surface area contributed by atoms with Gasteiger partial charge in [-0.15, -0.1) is 0 Å². The highest BCUT2D eigenvalue weighted by Gasteiger charge is 2.15. The third kappa shape index (κ3) is 2.82. The van der Waals surface area contributed by atoms with Crippen LogP contribution < -0.4 is 10.4 Å². The molecule has 0 aliphatic carbocycles. The standard InChI is InChI=1S/C15H17NO4/c1-9(2)19-10-5-6-11-12(15(18)16(3)4)8-14(17)20-13(11)7-10/h5-9H,1-4H3. The van der Waals surface area contributed by atoms with Crippen LogP contribution in [0, 0.1) is 0 Å². The molecule has 0 radical (unpaired) electrons. The summed E-state index contributed by atoms with van der Waals surface area (Å²) in [6.07, 6.45) is 0.0192. The first-order valence-corrected chi connectivity index (χ1v) is 6.34. The first kappa shape index (κ1) is 14.1. The molecule has 2 rings (SSSR count). The Morgan fingerprint density at radius 2 is 1.95 bits per heavy atom. The fraction of sp³-hybridized carbons (Fsp3) is 0.333. The number of rotatable bonds is 3. The topological polar surface area (TPSA) is 59.8 Å². The molecule has 2 aromatic rings. The van der Waals surface area contributed by atoms with Gasteiger partial charge >= 0.3 is 5.63 Å². The van der Waals surface area contributed by atoms with Gasteiger partial charge in [-0.3, -0.25) is 4.79 Å². The number of carbonyl (C=O) groups excluding carboxylic acids is 1. The SMILES string of the molecule is CC(C)Oc1ccc2c(C(=O)N(C)C)cc(=O)oc2c1. The van der Waals surface area contributed by atoms with Crippen LogP contribution in [0.5, 0.6) is 5.75 Å². The molecule has 0 fully saturated rings. The molecular formula is C15H17NO4. The summed E-state index contributed by atoms with van der Waals surface area (Å²) >= 11 is 0. The fourth-order valence-corrected chi connectivity index (χ4v) is 1.91. The minimum absolute atomic E-state index is 0.0192. The lowest BCUT2D eigenvalue weighted by atomic mass is 10.1. The van der Waals surface area contributed by atoms with Crippen LogP contribution in [0.15, 0.2) is 33.5 Å². The molecule has 20 heavy (non-hydrogen) atoms. The monoisotopic (exact) mass is 275 g/mol. The molecule has 0 unspecified atom stereocenters. The molecule has 0 saturated carbocycles. The van der Waals surface area contributed by atoms with Crippen molar-refractivity contribution in [2.75, 3.05) is 14.1 Å². The van der Waals surface area contributed by atoms with Crippen LogP contribution in [0.3, 0.4) is 0 Å². The van der Waals surface area contributed by atoms with Crippen molar-refractivity contribution in [2.24, 2.45) is 0 Å². The van der Waals surface area contributed by atoms with Crippen molar-refractivity contribution in [1.82, 2.24) is 4.90 Å². The van der Waals surface area contributed by atoms with E-state index in [4.69, 9.17) is 9.15 Å². The average molecular weight is 275 g/mol. The number of hydrogen-bond donors (Lipinski definition) is 0. The van der Waals surface area contributed by atoms with Crippen molar-refractivity contribution < 1.29 is 13.9 Å². The molecule has 0 saturated heterocycles. The van der Waals surface area contributed by atoms with E-state index in [0.29, 0.717) is 22.3 Å². The predicted octanol–water partition coefficient (Wildman–Crippen LogP) is 2.28. The molecule has 1 heterocycles. The summed E-state index contributed by atoms with van der Waals surface area (Å²) in [4.78, 5) is 25.1. The smallest absolute Gasteiger partial charge is 0.337 e. The molecule has 0 bridgehead atoms. The highest BCUT2D eigenvalue weighted by molar-refractivity contribution is 6.05. The van der Waals surface area contributed by atoms with Gasteiger partial charge in [-0.2, -0.15) is 0 Å². The van der Waals surface area contributed by atoms with Crippen LogP contribution >= 0.6 is 0 Å². The first-order valence-electron chi connectivity index (χ1n) is 6.34. The van der Waals surface area contributed by atoms with Crippen LogP contribution in [0.25, 0.3) is 11.0 Å². The Bertz CT molecular complexity index is 701. The Morgan fingerprint density at radius 3 is 2.55 bits per heavy atom. The summed E-state index contributed by atoms with van der Waals surface area (Å²) in [6.45, 7) is 3.82. The number of benzene rings is 1. The van der Waals surface area contributed by atoms with Crippen LogP contribution in [0.2, 0.25) is 0 Å². The lowest BCUT2D eigenvalue weighted by molar-refractivity contribution is 0.0829. The molecule has 0 aliphatic heterocycles. The highest BCUT2D eigenvalue weighted by atomic mass is 16.5. The Kier molecular flexibility index (Phi) is 3.79. The second kappa shape index (κ2) is 5.36. The van der Waals surface area contributed by atoms with Gasteiger partial charge in [0.15, 0.2) is 0 Å². The summed E-state index contributed by atoms with van der Waals surface area (Å²) in [5, 5.41) is 0.597. The van der Waals surface area contributed by atoms with Gasteiger partial charge in [-0.05, 0) is 26.0 Å². The number of carbonyl (C=O) groups is 1. The molecule has 106 valence electrons. The molecular weight excluding hydrogens is 258 g/mol. The fourth-order valence-electron chi connectivity index (χ4n) is 1.91. The zero-order valence-electron chi connectivity index (χ0n) is 12.0. The minimum atomic E-state index is -0.551. The second-order valence-corrected chi connectivity index (χ2v) is 5.00. The van der Waals surface area contributed by atoms with E-state index in [1.54, 1.807) is 32.3 Å². The zero-order valence-corrected chi connectivity index (χ0v) is 12.0. The molecule has 0 spiro atoms. The Hall–Kier alpha value is -2.30. The van der Waals surface area contributed by atoms with Gasteiger partial charge in [0, 0.05) is 31.6 Å². The van der Waals surface area contributed by atoms with Gasteiger partial charge < -0.3 is 14.1 Å². The molecule has 0 atom stereocenters. The van der Waals surface area contributed by atoms with E-state index in [1.165, 1.54) is 11.0 Å². The van der Waals surface area contributed by atoms with Crippen LogP contribution in [-0.2, 0) is 0 Å². The van der Waals surface area contributed by atoms with Gasteiger partial charge in [-0.1, -0.05) is 0 Å². The molecule has 5 heteroatoms. The van der Waals surface area contributed by atoms with E-state index in [9.17, 15) is 9.59 Å². The molecule has 5 nitrogen and oxygen atoms in total. The van der Waals surface area contributed by atoms with E-state index < -0.39 is 5.63 Å². The van der Waals surface area contributed by atoms with E-state index >= 15 is 0 Å². The zero-order chi connectivity index (χ0) is 14.9. The number of nitrogens with zero attached hydrogens (tertiary/aromatic N) is 1. The van der Waals surface area contributed by atoms with Gasteiger partial charge in [0.2, 0.25) is 0 Å². The maximum Gasteiger partial charge on any atom is 0.337 e. The number of ether oxygens (including phenoxy) is 1. The predicted molar refractivity (Wildman–Crippen MR) is 76.3 cm³/mol. The summed E-state index contributed by atoms with van der Waals surface area (Å²) in [7, 11) is 3.28. The Balaban J connectivity index is 2.61. The van der Waals surface area contributed by atoms with Crippen LogP contribution in [0.4, 0.5) is 0 Å². The van der Waals surface area contributed by atoms with Crippen molar-refractivity contribution >= 4 is 16.9 Å². The third-order valence-corrected chi connectivity index (χ3v) is 2.72. The first-order chi connectivity index (χ1) is 9.38. The summed E-state index contributed by atoms with van der Waals surface area (Å²) in [5.41, 5.74) is 0.127. The van der Waals surface area contributed by atoms with Crippen LogP contribution in [-0.4, -0.2) is 31.0 Å². The normalized spacial score (nSPS) is 10.8. The number of fused-ring (bicyclic) bond motifs is 1. The second-order valence-electron chi connectivity index (χ2n) is 5.00. The van der Waals surface area contributed by atoms with Gasteiger partial charge in [-0.25, -0.2) is 4.79 Å². The molecule has 0 N–H and O–H groups in total. The lowest BCUT2D eigenvalue weighted by Gasteiger charge is -2.13. The maximum atomic E-state index is 12.1. The summed E-state index contributed by atoms with van der Waals surface area (Å²) < 4.78 is 10.7. The Morgan fingerprint density at radius 1 is 1.25 bits per heavy atom. The van der Waals surface area contributed by atoms with Crippen molar-refractivity contribution in [2.45, 2.75) is 20.0 Å². The van der Waals surface area contributed by atoms with Gasteiger partial charge in [0.1, 0.15) is 11.3 Å². The van der Waals surface area contributed by atoms with Gasteiger partial charge in [0.25, 0.3) is 5.91 Å². The van der Waals surface area contributed by atoms with Crippen molar-refractivity contribution in [1.29, 1.82) is 0 Å². The summed E-state index contributed by atoms with van der Waals surface area (Å²) in [5.74, 6) is 0.366. The van der Waals surface area contributed by atoms with Crippen molar-refractivity contribution in [3.63, 3.8) is 0 Å². The maximum absolute atomic E-state index is 12.1. The quantitative estimate of drug-likeness (QED) is 0.806.